The summed E-state index contributed by atoms with van der Waals surface area (Å²) < 4.78 is 11.7. The van der Waals surface area contributed by atoms with E-state index < -0.39 is 5.97 Å². The van der Waals surface area contributed by atoms with Crippen LogP contribution in [0.15, 0.2) is 33.3 Å². The molecule has 6 heteroatoms. The summed E-state index contributed by atoms with van der Waals surface area (Å²) in [7, 11) is 0. The van der Waals surface area contributed by atoms with Gasteiger partial charge in [-0.25, -0.2) is 4.79 Å². The summed E-state index contributed by atoms with van der Waals surface area (Å²) in [6, 6.07) is 6.94. The lowest BCUT2D eigenvalue weighted by atomic mass is 10.1. The Morgan fingerprint density at radius 1 is 1.45 bits per heavy atom. The molecule has 1 heterocycles. The molecular weight excluding hydrogens is 326 g/mol. The molecule has 0 radical (unpaired) electrons. The van der Waals surface area contributed by atoms with E-state index in [9.17, 15) is 4.79 Å². The van der Waals surface area contributed by atoms with Gasteiger partial charge in [0.05, 0.1) is 12.2 Å². The molecule has 0 aliphatic heterocycles. The standard InChI is InChI=1S/C14H12BrNO4/c15-9-3-4-12(19-7-8-1-2-8)10(5-9)13-6-11(14(17)18)16-20-13/h3-6,8H,1-2,7H2,(H,17,18). The third-order valence-corrected chi connectivity index (χ3v) is 3.60. The first-order chi connectivity index (χ1) is 9.63. The number of carboxylic acid groups (broad SMARTS) is 1. The zero-order valence-electron chi connectivity index (χ0n) is 10.5. The molecule has 3 rings (SSSR count). The van der Waals surface area contributed by atoms with Gasteiger partial charge in [-0.3, -0.25) is 0 Å². The molecule has 0 unspecified atom stereocenters. The summed E-state index contributed by atoms with van der Waals surface area (Å²) in [5.41, 5.74) is 0.577. The van der Waals surface area contributed by atoms with E-state index in [1.165, 1.54) is 18.9 Å². The number of hydrogen-bond acceptors (Lipinski definition) is 4. The van der Waals surface area contributed by atoms with Crippen LogP contribution in [0.5, 0.6) is 5.75 Å². The Labute approximate surface area is 123 Å². The van der Waals surface area contributed by atoms with Crippen LogP contribution >= 0.6 is 15.9 Å². The van der Waals surface area contributed by atoms with Crippen LogP contribution in [0.25, 0.3) is 11.3 Å². The number of benzene rings is 1. The highest BCUT2D eigenvalue weighted by Gasteiger charge is 2.23. The number of aromatic nitrogens is 1. The van der Waals surface area contributed by atoms with Crippen molar-refractivity contribution in [3.63, 3.8) is 0 Å². The Hall–Kier alpha value is -1.82. The number of hydrogen-bond donors (Lipinski definition) is 1. The predicted molar refractivity (Wildman–Crippen MR) is 74.8 cm³/mol. The largest absolute Gasteiger partial charge is 0.493 e. The molecule has 20 heavy (non-hydrogen) atoms. The van der Waals surface area contributed by atoms with Gasteiger partial charge in [0.1, 0.15) is 5.75 Å². The average Bonchev–Trinajstić information content (AvgIpc) is 3.11. The van der Waals surface area contributed by atoms with Gasteiger partial charge in [-0.05, 0) is 37.0 Å². The van der Waals surface area contributed by atoms with Gasteiger partial charge in [0.2, 0.25) is 0 Å². The highest BCUT2D eigenvalue weighted by Crippen LogP contribution is 2.35. The Morgan fingerprint density at radius 3 is 2.90 bits per heavy atom. The molecular formula is C14H12BrNO4. The number of carboxylic acids is 1. The van der Waals surface area contributed by atoms with Crippen molar-refractivity contribution in [3.8, 4) is 17.1 Å². The number of carbonyl (C=O) groups is 1. The molecule has 1 fully saturated rings. The monoisotopic (exact) mass is 337 g/mol. The van der Waals surface area contributed by atoms with Crippen molar-refractivity contribution in [1.29, 1.82) is 0 Å². The van der Waals surface area contributed by atoms with Crippen LogP contribution in [0.2, 0.25) is 0 Å². The maximum Gasteiger partial charge on any atom is 0.358 e. The van der Waals surface area contributed by atoms with E-state index in [0.717, 1.165) is 4.47 Å². The van der Waals surface area contributed by atoms with Gasteiger partial charge in [-0.15, -0.1) is 0 Å². The number of aromatic carboxylic acids is 1. The fourth-order valence-corrected chi connectivity index (χ4v) is 2.18. The fourth-order valence-electron chi connectivity index (χ4n) is 1.82. The zero-order valence-corrected chi connectivity index (χ0v) is 12.1. The number of rotatable bonds is 5. The molecule has 0 amide bonds. The van der Waals surface area contributed by atoms with Crippen LogP contribution in [0, 0.1) is 5.92 Å². The zero-order chi connectivity index (χ0) is 14.1. The quantitative estimate of drug-likeness (QED) is 0.902. The Kier molecular flexibility index (Phi) is 3.48. The van der Waals surface area contributed by atoms with Crippen molar-refractivity contribution < 1.29 is 19.2 Å². The highest BCUT2D eigenvalue weighted by molar-refractivity contribution is 9.10. The summed E-state index contributed by atoms with van der Waals surface area (Å²) in [6.07, 6.45) is 2.41. The van der Waals surface area contributed by atoms with Crippen molar-refractivity contribution in [2.24, 2.45) is 5.92 Å². The summed E-state index contributed by atoms with van der Waals surface area (Å²) in [5, 5.41) is 12.4. The molecule has 0 spiro atoms. The van der Waals surface area contributed by atoms with E-state index in [1.54, 1.807) is 0 Å². The Morgan fingerprint density at radius 2 is 2.25 bits per heavy atom. The summed E-state index contributed by atoms with van der Waals surface area (Å²) in [6.45, 7) is 0.675. The minimum Gasteiger partial charge on any atom is -0.493 e. The molecule has 1 aromatic heterocycles. The summed E-state index contributed by atoms with van der Waals surface area (Å²) in [5.74, 6) is 0.578. The number of nitrogens with zero attached hydrogens (tertiary/aromatic N) is 1. The molecule has 1 aromatic carbocycles. The Bertz CT molecular complexity index is 648. The first-order valence-corrected chi connectivity index (χ1v) is 7.05. The van der Waals surface area contributed by atoms with Gasteiger partial charge in [0.25, 0.3) is 0 Å². The van der Waals surface area contributed by atoms with Gasteiger partial charge < -0.3 is 14.4 Å². The average molecular weight is 338 g/mol. The van der Waals surface area contributed by atoms with E-state index in [4.69, 9.17) is 14.4 Å². The second-order valence-electron chi connectivity index (χ2n) is 4.78. The van der Waals surface area contributed by atoms with Gasteiger partial charge in [-0.2, -0.15) is 0 Å². The molecule has 1 aliphatic carbocycles. The van der Waals surface area contributed by atoms with E-state index in [-0.39, 0.29) is 5.69 Å². The van der Waals surface area contributed by atoms with Crippen LogP contribution in [-0.4, -0.2) is 22.8 Å². The van der Waals surface area contributed by atoms with E-state index in [2.05, 4.69) is 21.1 Å². The topological polar surface area (TPSA) is 72.6 Å². The molecule has 0 atom stereocenters. The molecule has 1 N–H and O–H groups in total. The second-order valence-corrected chi connectivity index (χ2v) is 5.69. The van der Waals surface area contributed by atoms with Crippen LogP contribution in [0.1, 0.15) is 23.3 Å². The lowest BCUT2D eigenvalue weighted by Crippen LogP contribution is -2.00. The van der Waals surface area contributed by atoms with Crippen LogP contribution in [0.3, 0.4) is 0 Å². The molecule has 1 aliphatic rings. The maximum atomic E-state index is 10.9. The minimum absolute atomic E-state index is 0.117. The van der Waals surface area contributed by atoms with Gasteiger partial charge in [0.15, 0.2) is 11.5 Å². The number of ether oxygens (including phenoxy) is 1. The van der Waals surface area contributed by atoms with Gasteiger partial charge in [-0.1, -0.05) is 21.1 Å². The molecule has 5 nitrogen and oxygen atoms in total. The van der Waals surface area contributed by atoms with E-state index in [1.807, 2.05) is 18.2 Å². The minimum atomic E-state index is -1.12. The predicted octanol–water partition coefficient (Wildman–Crippen LogP) is 3.59. The van der Waals surface area contributed by atoms with Crippen LogP contribution in [-0.2, 0) is 0 Å². The summed E-state index contributed by atoms with van der Waals surface area (Å²) >= 11 is 3.39. The first kappa shape index (κ1) is 13.2. The third kappa shape index (κ3) is 2.85. The van der Waals surface area contributed by atoms with E-state index >= 15 is 0 Å². The smallest absolute Gasteiger partial charge is 0.358 e. The third-order valence-electron chi connectivity index (χ3n) is 3.11. The summed E-state index contributed by atoms with van der Waals surface area (Å²) in [4.78, 5) is 10.9. The van der Waals surface area contributed by atoms with Crippen molar-refractivity contribution in [1.82, 2.24) is 5.16 Å². The van der Waals surface area contributed by atoms with Crippen molar-refractivity contribution >= 4 is 21.9 Å². The van der Waals surface area contributed by atoms with Crippen LogP contribution in [0.4, 0.5) is 0 Å². The molecule has 1 saturated carbocycles. The molecule has 2 aromatic rings. The normalized spacial score (nSPS) is 14.2. The lowest BCUT2D eigenvalue weighted by Gasteiger charge is -2.09. The highest BCUT2D eigenvalue weighted by atomic mass is 79.9. The van der Waals surface area contributed by atoms with Crippen molar-refractivity contribution in [2.75, 3.05) is 6.61 Å². The van der Waals surface area contributed by atoms with Crippen molar-refractivity contribution in [2.45, 2.75) is 12.8 Å². The van der Waals surface area contributed by atoms with Crippen LogP contribution < -0.4 is 4.74 Å². The fraction of sp³-hybridized carbons (Fsp3) is 0.286. The molecule has 104 valence electrons. The molecule has 0 saturated heterocycles. The molecule has 0 bridgehead atoms. The first-order valence-electron chi connectivity index (χ1n) is 6.26. The second kappa shape index (κ2) is 5.28. The van der Waals surface area contributed by atoms with Gasteiger partial charge in [0, 0.05) is 10.5 Å². The SMILES string of the molecule is O=C(O)c1cc(-c2cc(Br)ccc2OCC2CC2)on1. The number of halogens is 1. The van der Waals surface area contributed by atoms with E-state index in [0.29, 0.717) is 29.6 Å². The Balaban J connectivity index is 1.91. The lowest BCUT2D eigenvalue weighted by molar-refractivity contribution is 0.0686. The maximum absolute atomic E-state index is 10.9. The van der Waals surface area contributed by atoms with Crippen molar-refractivity contribution in [3.05, 3.63) is 34.4 Å². The van der Waals surface area contributed by atoms with Gasteiger partial charge >= 0.3 is 5.97 Å².